The Balaban J connectivity index is 2.09. The molecule has 0 saturated carbocycles. The lowest BCUT2D eigenvalue weighted by Crippen LogP contribution is -2.50. The summed E-state index contributed by atoms with van der Waals surface area (Å²) < 4.78 is 28.5. The van der Waals surface area contributed by atoms with Gasteiger partial charge in [-0.25, -0.2) is 17.9 Å². The summed E-state index contributed by atoms with van der Waals surface area (Å²) in [5.74, 6) is -1.23. The zero-order chi connectivity index (χ0) is 16.0. The summed E-state index contributed by atoms with van der Waals surface area (Å²) in [6, 6.07) is 6.94. The van der Waals surface area contributed by atoms with Gasteiger partial charge in [0.05, 0.1) is 6.20 Å². The molecule has 0 radical (unpaired) electrons. The summed E-state index contributed by atoms with van der Waals surface area (Å²) in [7, 11) is -2.64. The number of carboxylic acids is 1. The molecule has 0 amide bonds. The predicted octanol–water partition coefficient (Wildman–Crippen LogP) is 0.0197. The average molecular weight is 322 g/mol. The van der Waals surface area contributed by atoms with E-state index in [9.17, 15) is 18.3 Å². The molecule has 1 aromatic heterocycles. The Morgan fingerprint density at radius 1 is 1.41 bits per heavy atom. The van der Waals surface area contributed by atoms with Crippen LogP contribution in [0.1, 0.15) is 17.5 Å². The molecule has 0 bridgehead atoms. The summed E-state index contributed by atoms with van der Waals surface area (Å²) >= 11 is 0. The van der Waals surface area contributed by atoms with Gasteiger partial charge in [-0.1, -0.05) is 29.5 Å². The number of sulfonamides is 1. The van der Waals surface area contributed by atoms with Crippen molar-refractivity contribution < 1.29 is 18.3 Å². The van der Waals surface area contributed by atoms with E-state index in [0.29, 0.717) is 12.0 Å². The molecule has 3 rings (SSSR count). The molecule has 22 heavy (non-hydrogen) atoms. The summed E-state index contributed by atoms with van der Waals surface area (Å²) in [4.78, 5) is 11.9. The van der Waals surface area contributed by atoms with Crippen LogP contribution < -0.4 is 4.72 Å². The summed E-state index contributed by atoms with van der Waals surface area (Å²) in [5, 5.41) is 16.6. The minimum Gasteiger partial charge on any atom is -0.480 e. The van der Waals surface area contributed by atoms with E-state index in [1.807, 2.05) is 0 Å². The first-order valence-electron chi connectivity index (χ1n) is 6.57. The SMILES string of the molecule is Cn1nncc1S(=O)(=O)NC1(C(=O)O)CCc2ccccc21. The number of aryl methyl sites for hydroxylation is 2. The molecule has 0 saturated heterocycles. The number of carboxylic acid groups (broad SMARTS) is 1. The topological polar surface area (TPSA) is 114 Å². The van der Waals surface area contributed by atoms with Gasteiger partial charge in [0.1, 0.15) is 0 Å². The van der Waals surface area contributed by atoms with E-state index in [4.69, 9.17) is 0 Å². The van der Waals surface area contributed by atoms with Crippen molar-refractivity contribution in [2.45, 2.75) is 23.4 Å². The van der Waals surface area contributed by atoms with Crippen molar-refractivity contribution in [2.24, 2.45) is 7.05 Å². The van der Waals surface area contributed by atoms with E-state index < -0.39 is 21.5 Å². The van der Waals surface area contributed by atoms with Crippen molar-refractivity contribution in [3.63, 3.8) is 0 Å². The number of benzene rings is 1. The normalized spacial score (nSPS) is 20.8. The van der Waals surface area contributed by atoms with Crippen molar-refractivity contribution in [2.75, 3.05) is 0 Å². The van der Waals surface area contributed by atoms with Gasteiger partial charge in [0.25, 0.3) is 10.0 Å². The highest BCUT2D eigenvalue weighted by atomic mass is 32.2. The van der Waals surface area contributed by atoms with Crippen LogP contribution in [0.3, 0.4) is 0 Å². The number of rotatable bonds is 4. The fourth-order valence-electron chi connectivity index (χ4n) is 2.79. The van der Waals surface area contributed by atoms with E-state index in [-0.39, 0.29) is 11.4 Å². The fourth-order valence-corrected chi connectivity index (χ4v) is 4.22. The van der Waals surface area contributed by atoms with E-state index in [1.54, 1.807) is 24.3 Å². The molecule has 116 valence electrons. The van der Waals surface area contributed by atoms with E-state index in [2.05, 4.69) is 15.0 Å². The van der Waals surface area contributed by atoms with E-state index in [0.717, 1.165) is 16.4 Å². The van der Waals surface area contributed by atoms with Crippen LogP contribution in [0.15, 0.2) is 35.5 Å². The Morgan fingerprint density at radius 2 is 2.14 bits per heavy atom. The van der Waals surface area contributed by atoms with Crippen LogP contribution in [0.5, 0.6) is 0 Å². The standard InChI is InChI=1S/C13H14N4O4S/c1-17-11(8-14-16-17)22(20,21)15-13(12(18)19)7-6-9-4-2-3-5-10(9)13/h2-5,8,15H,6-7H2,1H3,(H,18,19). The molecule has 8 nitrogen and oxygen atoms in total. The van der Waals surface area contributed by atoms with Crippen LogP contribution in [0.4, 0.5) is 0 Å². The van der Waals surface area contributed by atoms with Gasteiger partial charge in [0.15, 0.2) is 10.6 Å². The molecule has 1 aliphatic carbocycles. The average Bonchev–Trinajstić information content (AvgIpc) is 3.04. The Labute approximate surface area is 126 Å². The van der Waals surface area contributed by atoms with Gasteiger partial charge < -0.3 is 5.11 Å². The molecule has 1 atom stereocenters. The van der Waals surface area contributed by atoms with Gasteiger partial charge >= 0.3 is 5.97 Å². The van der Waals surface area contributed by atoms with Crippen LogP contribution in [-0.4, -0.2) is 34.5 Å². The third-order valence-corrected chi connectivity index (χ3v) is 5.41. The minimum absolute atomic E-state index is 0.159. The van der Waals surface area contributed by atoms with Crippen LogP contribution in [-0.2, 0) is 33.8 Å². The van der Waals surface area contributed by atoms with Crippen LogP contribution in [0.25, 0.3) is 0 Å². The Bertz CT molecular complexity index is 845. The highest BCUT2D eigenvalue weighted by molar-refractivity contribution is 7.89. The molecule has 2 aromatic rings. The second-order valence-electron chi connectivity index (χ2n) is 5.17. The van der Waals surface area contributed by atoms with Crippen molar-refractivity contribution in [3.8, 4) is 0 Å². The lowest BCUT2D eigenvalue weighted by atomic mass is 9.93. The van der Waals surface area contributed by atoms with Crippen molar-refractivity contribution in [3.05, 3.63) is 41.6 Å². The van der Waals surface area contributed by atoms with E-state index >= 15 is 0 Å². The lowest BCUT2D eigenvalue weighted by Gasteiger charge is -2.26. The molecule has 2 N–H and O–H groups in total. The molecule has 0 spiro atoms. The van der Waals surface area contributed by atoms with Gasteiger partial charge in [-0.2, -0.15) is 4.72 Å². The zero-order valence-electron chi connectivity index (χ0n) is 11.7. The van der Waals surface area contributed by atoms with Gasteiger partial charge in [-0.15, -0.1) is 5.10 Å². The van der Waals surface area contributed by atoms with Gasteiger partial charge in [-0.05, 0) is 24.0 Å². The van der Waals surface area contributed by atoms with Gasteiger partial charge in [0, 0.05) is 7.05 Å². The minimum atomic E-state index is -4.07. The Morgan fingerprint density at radius 3 is 2.77 bits per heavy atom. The molecule has 1 aromatic carbocycles. The summed E-state index contributed by atoms with van der Waals surface area (Å²) in [6.07, 6.45) is 1.74. The zero-order valence-corrected chi connectivity index (χ0v) is 12.5. The van der Waals surface area contributed by atoms with Crippen LogP contribution in [0.2, 0.25) is 0 Å². The van der Waals surface area contributed by atoms with E-state index in [1.165, 1.54) is 7.05 Å². The highest BCUT2D eigenvalue weighted by Gasteiger charge is 2.49. The Hall–Kier alpha value is -2.26. The molecule has 1 unspecified atom stereocenters. The summed E-state index contributed by atoms with van der Waals surface area (Å²) in [5.41, 5.74) is -0.364. The van der Waals surface area contributed by atoms with Gasteiger partial charge in [-0.3, -0.25) is 0 Å². The molecule has 0 aliphatic heterocycles. The monoisotopic (exact) mass is 322 g/mol. The largest absolute Gasteiger partial charge is 0.480 e. The fraction of sp³-hybridized carbons (Fsp3) is 0.308. The second-order valence-corrected chi connectivity index (χ2v) is 6.80. The van der Waals surface area contributed by atoms with Gasteiger partial charge in [0.2, 0.25) is 0 Å². The second kappa shape index (κ2) is 4.89. The van der Waals surface area contributed by atoms with Crippen molar-refractivity contribution in [1.82, 2.24) is 19.7 Å². The molecule has 1 heterocycles. The predicted molar refractivity (Wildman–Crippen MR) is 75.4 cm³/mol. The number of aliphatic carboxylic acids is 1. The number of nitrogens with one attached hydrogen (secondary N) is 1. The number of hydrogen-bond donors (Lipinski definition) is 2. The molecular weight excluding hydrogens is 308 g/mol. The quantitative estimate of drug-likeness (QED) is 0.820. The smallest absolute Gasteiger partial charge is 0.329 e. The first-order valence-corrected chi connectivity index (χ1v) is 8.05. The number of carbonyl (C=O) groups is 1. The molecule has 1 aliphatic rings. The Kier molecular flexibility index (Phi) is 3.26. The first kappa shape index (κ1) is 14.7. The molecule has 9 heteroatoms. The maximum Gasteiger partial charge on any atom is 0.329 e. The van der Waals surface area contributed by atoms with Crippen molar-refractivity contribution in [1.29, 1.82) is 0 Å². The number of fused-ring (bicyclic) bond motifs is 1. The molecular formula is C13H14N4O4S. The third-order valence-electron chi connectivity index (χ3n) is 3.87. The molecule has 0 fully saturated rings. The maximum absolute atomic E-state index is 12.5. The van der Waals surface area contributed by atoms with Crippen LogP contribution in [0, 0.1) is 0 Å². The lowest BCUT2D eigenvalue weighted by molar-refractivity contribution is -0.144. The maximum atomic E-state index is 12.5. The van der Waals surface area contributed by atoms with Crippen LogP contribution >= 0.6 is 0 Å². The number of nitrogens with zero attached hydrogens (tertiary/aromatic N) is 3. The highest BCUT2D eigenvalue weighted by Crippen LogP contribution is 2.38. The number of hydrogen-bond acceptors (Lipinski definition) is 5. The number of aromatic nitrogens is 3. The first-order chi connectivity index (χ1) is 10.4. The van der Waals surface area contributed by atoms with Crippen molar-refractivity contribution >= 4 is 16.0 Å². The third kappa shape index (κ3) is 2.09. The summed E-state index contributed by atoms with van der Waals surface area (Å²) in [6.45, 7) is 0.